The van der Waals surface area contributed by atoms with Crippen molar-refractivity contribution >= 4 is 10.0 Å². The van der Waals surface area contributed by atoms with Crippen molar-refractivity contribution in [3.8, 4) is 6.07 Å². The molecule has 2 atom stereocenters. The van der Waals surface area contributed by atoms with E-state index in [0.29, 0.717) is 13.0 Å². The minimum atomic E-state index is -3.56. The summed E-state index contributed by atoms with van der Waals surface area (Å²) in [6.45, 7) is 1.62. The molecule has 0 radical (unpaired) electrons. The number of rotatable bonds is 3. The smallest absolute Gasteiger partial charge is 0.230 e. The van der Waals surface area contributed by atoms with E-state index in [4.69, 9.17) is 10.4 Å². The van der Waals surface area contributed by atoms with Crippen molar-refractivity contribution in [2.75, 3.05) is 13.2 Å². The van der Waals surface area contributed by atoms with E-state index in [1.54, 1.807) is 6.07 Å². The Morgan fingerprint density at radius 3 is 2.80 bits per heavy atom. The molecule has 0 aromatic rings. The molecule has 0 amide bonds. The number of hydrogen-bond donors (Lipinski definition) is 1. The number of nitriles is 1. The van der Waals surface area contributed by atoms with Crippen molar-refractivity contribution in [1.82, 2.24) is 4.31 Å². The molecule has 1 rings (SSSR count). The van der Waals surface area contributed by atoms with Gasteiger partial charge in [0, 0.05) is 12.6 Å². The second-order valence-corrected chi connectivity index (χ2v) is 5.97. The Kier molecular flexibility index (Phi) is 4.08. The Labute approximate surface area is 90.4 Å². The largest absolute Gasteiger partial charge is 0.395 e. The van der Waals surface area contributed by atoms with Crippen LogP contribution in [0.25, 0.3) is 0 Å². The highest BCUT2D eigenvalue weighted by Gasteiger charge is 2.35. The highest BCUT2D eigenvalue weighted by atomic mass is 32.2. The number of piperidine rings is 1. The topological polar surface area (TPSA) is 81.4 Å². The Bertz CT molecular complexity index is 347. The quantitative estimate of drug-likeness (QED) is 0.747. The molecule has 1 heterocycles. The summed E-state index contributed by atoms with van der Waals surface area (Å²) in [7, 11) is -3.56. The van der Waals surface area contributed by atoms with Gasteiger partial charge in [-0.1, -0.05) is 6.42 Å². The van der Waals surface area contributed by atoms with E-state index in [0.717, 1.165) is 12.8 Å². The van der Waals surface area contributed by atoms with E-state index >= 15 is 0 Å². The third-order valence-electron chi connectivity index (χ3n) is 2.74. The van der Waals surface area contributed by atoms with E-state index in [-0.39, 0.29) is 12.6 Å². The average Bonchev–Trinajstić information content (AvgIpc) is 2.27. The van der Waals surface area contributed by atoms with E-state index in [1.807, 2.05) is 0 Å². The lowest BCUT2D eigenvalue weighted by Gasteiger charge is -2.34. The summed E-state index contributed by atoms with van der Waals surface area (Å²) in [5, 5.41) is 16.7. The van der Waals surface area contributed by atoms with Crippen molar-refractivity contribution in [1.29, 1.82) is 5.26 Å². The maximum Gasteiger partial charge on any atom is 0.230 e. The first-order valence-corrected chi connectivity index (χ1v) is 6.55. The van der Waals surface area contributed by atoms with Gasteiger partial charge in [0.25, 0.3) is 0 Å². The van der Waals surface area contributed by atoms with Gasteiger partial charge in [-0.2, -0.15) is 9.57 Å². The normalized spacial score (nSPS) is 25.8. The van der Waals surface area contributed by atoms with Gasteiger partial charge in [0.1, 0.15) is 0 Å². The highest BCUT2D eigenvalue weighted by Crippen LogP contribution is 2.22. The number of nitrogens with zero attached hydrogens (tertiary/aromatic N) is 2. The van der Waals surface area contributed by atoms with Gasteiger partial charge in [0.05, 0.1) is 12.7 Å². The molecule has 1 aliphatic rings. The first kappa shape index (κ1) is 12.4. The molecule has 0 aliphatic carbocycles. The average molecular weight is 232 g/mol. The van der Waals surface area contributed by atoms with Gasteiger partial charge in [-0.05, 0) is 19.8 Å². The van der Waals surface area contributed by atoms with Crippen molar-refractivity contribution < 1.29 is 13.5 Å². The van der Waals surface area contributed by atoms with Gasteiger partial charge in [0.2, 0.25) is 10.0 Å². The van der Waals surface area contributed by atoms with Gasteiger partial charge in [-0.25, -0.2) is 8.42 Å². The first-order chi connectivity index (χ1) is 7.04. The predicted octanol–water partition coefficient (Wildman–Crippen LogP) is 0.0751. The SMILES string of the molecule is CC(C#N)S(=O)(=O)N1CCCCC1CO. The van der Waals surface area contributed by atoms with Gasteiger partial charge < -0.3 is 5.11 Å². The maximum atomic E-state index is 11.9. The predicted molar refractivity (Wildman–Crippen MR) is 55.4 cm³/mol. The van der Waals surface area contributed by atoms with E-state index in [2.05, 4.69) is 0 Å². The zero-order valence-electron chi connectivity index (χ0n) is 8.76. The molecule has 5 nitrogen and oxygen atoms in total. The first-order valence-electron chi connectivity index (χ1n) is 5.05. The third kappa shape index (κ3) is 2.48. The minimum Gasteiger partial charge on any atom is -0.395 e. The fraction of sp³-hybridized carbons (Fsp3) is 0.889. The van der Waals surface area contributed by atoms with Crippen molar-refractivity contribution in [2.24, 2.45) is 0 Å². The van der Waals surface area contributed by atoms with Crippen molar-refractivity contribution in [3.05, 3.63) is 0 Å². The Balaban J connectivity index is 2.90. The number of aliphatic hydroxyl groups is 1. The van der Waals surface area contributed by atoms with Crippen LogP contribution in [-0.2, 0) is 10.0 Å². The summed E-state index contributed by atoms with van der Waals surface area (Å²) < 4.78 is 25.0. The van der Waals surface area contributed by atoms with Crippen LogP contribution in [0.4, 0.5) is 0 Å². The lowest BCUT2D eigenvalue weighted by atomic mass is 10.1. The molecule has 0 aromatic carbocycles. The minimum absolute atomic E-state index is 0.169. The van der Waals surface area contributed by atoms with Crippen molar-refractivity contribution in [2.45, 2.75) is 37.5 Å². The van der Waals surface area contributed by atoms with E-state index in [9.17, 15) is 8.42 Å². The second-order valence-electron chi connectivity index (χ2n) is 3.76. The molecular weight excluding hydrogens is 216 g/mol. The molecule has 0 bridgehead atoms. The Hall–Kier alpha value is -0.640. The molecule has 1 aliphatic heterocycles. The summed E-state index contributed by atoms with van der Waals surface area (Å²) in [6.07, 6.45) is 2.40. The van der Waals surface area contributed by atoms with E-state index in [1.165, 1.54) is 11.2 Å². The van der Waals surface area contributed by atoms with Crippen LogP contribution in [-0.4, -0.2) is 42.3 Å². The Morgan fingerprint density at radius 2 is 2.27 bits per heavy atom. The van der Waals surface area contributed by atoms with Crippen LogP contribution in [0.2, 0.25) is 0 Å². The molecule has 1 saturated heterocycles. The molecule has 0 aromatic heterocycles. The van der Waals surface area contributed by atoms with Gasteiger partial charge in [-0.3, -0.25) is 0 Å². The van der Waals surface area contributed by atoms with Crippen LogP contribution in [0.5, 0.6) is 0 Å². The number of aliphatic hydroxyl groups excluding tert-OH is 1. The molecule has 15 heavy (non-hydrogen) atoms. The van der Waals surface area contributed by atoms with E-state index < -0.39 is 15.3 Å². The van der Waals surface area contributed by atoms with Crippen LogP contribution >= 0.6 is 0 Å². The van der Waals surface area contributed by atoms with Crippen LogP contribution in [0.3, 0.4) is 0 Å². The number of sulfonamides is 1. The monoisotopic (exact) mass is 232 g/mol. The molecular formula is C9H16N2O3S. The Morgan fingerprint density at radius 1 is 1.60 bits per heavy atom. The van der Waals surface area contributed by atoms with Crippen molar-refractivity contribution in [3.63, 3.8) is 0 Å². The molecule has 1 N–H and O–H groups in total. The maximum absolute atomic E-state index is 11.9. The fourth-order valence-corrected chi connectivity index (χ4v) is 3.27. The highest BCUT2D eigenvalue weighted by molar-refractivity contribution is 7.90. The molecule has 86 valence electrons. The molecule has 0 spiro atoms. The molecule has 2 unspecified atom stereocenters. The molecule has 6 heteroatoms. The summed E-state index contributed by atoms with van der Waals surface area (Å²) >= 11 is 0. The second kappa shape index (κ2) is 4.92. The standard InChI is InChI=1S/C9H16N2O3S/c1-8(6-10)15(13,14)11-5-3-2-4-9(11)7-12/h8-9,12H,2-5,7H2,1H3. The third-order valence-corrected chi connectivity index (χ3v) is 4.87. The van der Waals surface area contributed by atoms with Crippen LogP contribution in [0.15, 0.2) is 0 Å². The summed E-state index contributed by atoms with van der Waals surface area (Å²) in [5.41, 5.74) is 0. The van der Waals surface area contributed by atoms with Gasteiger partial charge in [-0.15, -0.1) is 0 Å². The zero-order chi connectivity index (χ0) is 11.5. The van der Waals surface area contributed by atoms with Gasteiger partial charge in [0.15, 0.2) is 5.25 Å². The van der Waals surface area contributed by atoms with Gasteiger partial charge >= 0.3 is 0 Å². The zero-order valence-corrected chi connectivity index (χ0v) is 9.57. The summed E-state index contributed by atoms with van der Waals surface area (Å²) in [4.78, 5) is 0. The molecule has 1 fully saturated rings. The summed E-state index contributed by atoms with van der Waals surface area (Å²) in [5.74, 6) is 0. The lowest BCUT2D eigenvalue weighted by molar-refractivity contribution is 0.155. The summed E-state index contributed by atoms with van der Waals surface area (Å²) in [6, 6.07) is 1.39. The number of hydrogen-bond acceptors (Lipinski definition) is 4. The van der Waals surface area contributed by atoms with Crippen LogP contribution in [0.1, 0.15) is 26.2 Å². The lowest BCUT2D eigenvalue weighted by Crippen LogP contribution is -2.48. The van der Waals surface area contributed by atoms with Crippen LogP contribution < -0.4 is 0 Å². The van der Waals surface area contributed by atoms with Crippen LogP contribution in [0, 0.1) is 11.3 Å². The molecule has 0 saturated carbocycles. The fourth-order valence-electron chi connectivity index (χ4n) is 1.76.